The minimum absolute atomic E-state index is 0.0257. The topological polar surface area (TPSA) is 169 Å². The maximum atomic E-state index is 12.8. The number of aromatic nitrogens is 3. The molecule has 3 aromatic heterocycles. The van der Waals surface area contributed by atoms with E-state index in [1.807, 2.05) is 0 Å². The minimum atomic E-state index is -0.744. The third kappa shape index (κ3) is 3.83. The summed E-state index contributed by atoms with van der Waals surface area (Å²) in [5.41, 5.74) is -0.538. The van der Waals surface area contributed by atoms with Crippen molar-refractivity contribution < 1.29 is 14.4 Å². The van der Waals surface area contributed by atoms with E-state index in [2.05, 4.69) is 20.3 Å². The van der Waals surface area contributed by atoms with Gasteiger partial charge in [-0.3, -0.25) is 20.0 Å². The number of non-ortho nitro benzene ring substituents is 1. The van der Waals surface area contributed by atoms with Gasteiger partial charge in [0.2, 0.25) is 5.13 Å². The number of aryl methyl sites for hydroxylation is 2. The van der Waals surface area contributed by atoms with Crippen LogP contribution in [0.3, 0.4) is 0 Å². The molecule has 13 heteroatoms. The highest BCUT2D eigenvalue weighted by molar-refractivity contribution is 7.12. The summed E-state index contributed by atoms with van der Waals surface area (Å²) in [6, 6.07) is 6.69. The van der Waals surface area contributed by atoms with Gasteiger partial charge in [0.25, 0.3) is 5.69 Å². The Balaban J connectivity index is 1.66. The molecule has 0 aliphatic carbocycles. The first-order valence-corrected chi connectivity index (χ1v) is 9.90. The smallest absolute Gasteiger partial charge is 0.349 e. The van der Waals surface area contributed by atoms with E-state index in [0.29, 0.717) is 11.4 Å². The number of nitro benzene ring substituents is 1. The van der Waals surface area contributed by atoms with E-state index < -0.39 is 16.1 Å². The maximum absolute atomic E-state index is 12.8. The Kier molecular flexibility index (Phi) is 5.24. The van der Waals surface area contributed by atoms with Crippen LogP contribution in [0.15, 0.2) is 59.9 Å². The van der Waals surface area contributed by atoms with Crippen LogP contribution >= 0.6 is 11.3 Å². The van der Waals surface area contributed by atoms with Gasteiger partial charge in [-0.15, -0.1) is 16.5 Å². The highest BCUT2D eigenvalue weighted by Crippen LogP contribution is 2.29. The lowest BCUT2D eigenvalue weighted by atomic mass is 10.2. The molecule has 0 radical (unpaired) electrons. The zero-order chi connectivity index (χ0) is 23.0. The molecule has 0 saturated carbocycles. The minimum Gasteiger partial charge on any atom is -0.507 e. The molecule has 0 bridgehead atoms. The molecule has 0 aliphatic heterocycles. The van der Waals surface area contributed by atoms with Crippen molar-refractivity contribution >= 4 is 28.4 Å². The molecule has 0 spiro atoms. The van der Waals surface area contributed by atoms with E-state index in [1.165, 1.54) is 42.6 Å². The molecule has 162 valence electrons. The number of hydrogen-bond donors (Lipinski definition) is 2. The summed E-state index contributed by atoms with van der Waals surface area (Å²) in [5.74, 6) is -0.0193. The first-order valence-electron chi connectivity index (χ1n) is 9.02. The number of azo groups is 1. The van der Waals surface area contributed by atoms with Gasteiger partial charge in [-0.1, -0.05) is 0 Å². The number of nitrogens with zero attached hydrogens (tertiary/aromatic N) is 5. The Labute approximate surface area is 182 Å². The molecule has 1 aromatic carbocycles. The van der Waals surface area contributed by atoms with Crippen molar-refractivity contribution in [1.29, 1.82) is 0 Å². The van der Waals surface area contributed by atoms with Crippen molar-refractivity contribution in [2.75, 3.05) is 0 Å². The highest BCUT2D eigenvalue weighted by Gasteiger charge is 2.19. The standard InChI is InChI=1S/C19H14N6O6S/c1-9-7-14(26)15(18(28)31-9)13-8-32-19(20-13)24-17(27)16(10(2)23-24)22-21-11-3-5-12(6-4-11)25(29)30/h3-8,23,26H,1-2H3. The van der Waals surface area contributed by atoms with Gasteiger partial charge in [-0.2, -0.15) is 9.80 Å². The van der Waals surface area contributed by atoms with Crippen LogP contribution < -0.4 is 11.2 Å². The number of benzene rings is 1. The Morgan fingerprint density at radius 3 is 2.59 bits per heavy atom. The van der Waals surface area contributed by atoms with Gasteiger partial charge >= 0.3 is 11.2 Å². The van der Waals surface area contributed by atoms with Crippen LogP contribution in [0.2, 0.25) is 0 Å². The number of nitro groups is 1. The summed E-state index contributed by atoms with van der Waals surface area (Å²) in [7, 11) is 0. The summed E-state index contributed by atoms with van der Waals surface area (Å²) in [6.45, 7) is 3.16. The van der Waals surface area contributed by atoms with Crippen LogP contribution in [0.4, 0.5) is 17.1 Å². The highest BCUT2D eigenvalue weighted by atomic mass is 32.1. The molecule has 0 unspecified atom stereocenters. The molecule has 4 rings (SSSR count). The van der Waals surface area contributed by atoms with Gasteiger partial charge in [0, 0.05) is 23.6 Å². The SMILES string of the molecule is Cc1cc(O)c(-c2csc(-n3[nH]c(C)c(N=Nc4ccc([N+](=O)[O-])cc4)c3=O)n2)c(=O)o1. The van der Waals surface area contributed by atoms with Gasteiger partial charge < -0.3 is 9.52 Å². The van der Waals surface area contributed by atoms with E-state index in [9.17, 15) is 24.8 Å². The zero-order valence-corrected chi connectivity index (χ0v) is 17.4. The fourth-order valence-electron chi connectivity index (χ4n) is 2.85. The first-order chi connectivity index (χ1) is 15.2. The molecular weight excluding hydrogens is 440 g/mol. The molecule has 0 saturated heterocycles. The molecule has 2 N–H and O–H groups in total. The molecule has 0 aliphatic rings. The van der Waals surface area contributed by atoms with Crippen LogP contribution in [-0.2, 0) is 0 Å². The molecule has 4 aromatic rings. The second-order valence-corrected chi connectivity index (χ2v) is 7.46. The van der Waals surface area contributed by atoms with Crippen molar-refractivity contribution in [3.05, 3.63) is 78.1 Å². The number of rotatable bonds is 5. The van der Waals surface area contributed by atoms with Crippen molar-refractivity contribution in [2.24, 2.45) is 10.2 Å². The third-order valence-corrected chi connectivity index (χ3v) is 5.19. The lowest BCUT2D eigenvalue weighted by Gasteiger charge is -2.00. The Morgan fingerprint density at radius 1 is 1.22 bits per heavy atom. The van der Waals surface area contributed by atoms with Gasteiger partial charge in [0.1, 0.15) is 17.1 Å². The van der Waals surface area contributed by atoms with Crippen molar-refractivity contribution in [3.63, 3.8) is 0 Å². The second-order valence-electron chi connectivity index (χ2n) is 6.62. The van der Waals surface area contributed by atoms with E-state index in [-0.39, 0.29) is 39.3 Å². The maximum Gasteiger partial charge on any atom is 0.349 e. The van der Waals surface area contributed by atoms with Gasteiger partial charge in [-0.05, 0) is 26.0 Å². The predicted molar refractivity (Wildman–Crippen MR) is 114 cm³/mol. The molecule has 0 fully saturated rings. The fourth-order valence-corrected chi connectivity index (χ4v) is 3.63. The van der Waals surface area contributed by atoms with Crippen molar-refractivity contribution in [2.45, 2.75) is 13.8 Å². The monoisotopic (exact) mass is 454 g/mol. The largest absolute Gasteiger partial charge is 0.507 e. The van der Waals surface area contributed by atoms with Gasteiger partial charge in [0.15, 0.2) is 5.69 Å². The summed E-state index contributed by atoms with van der Waals surface area (Å²) in [5, 5.41) is 33.3. The van der Waals surface area contributed by atoms with Crippen molar-refractivity contribution in [1.82, 2.24) is 14.8 Å². The third-order valence-electron chi connectivity index (χ3n) is 4.36. The first kappa shape index (κ1) is 20.9. The van der Waals surface area contributed by atoms with E-state index in [1.54, 1.807) is 6.92 Å². The predicted octanol–water partition coefficient (Wildman–Crippen LogP) is 3.89. The normalized spacial score (nSPS) is 11.3. The molecule has 12 nitrogen and oxygen atoms in total. The molecule has 32 heavy (non-hydrogen) atoms. The Hall–Kier alpha value is -4.39. The molecule has 3 heterocycles. The Bertz CT molecular complexity index is 1480. The number of aromatic amines is 1. The van der Waals surface area contributed by atoms with E-state index >= 15 is 0 Å². The average molecular weight is 454 g/mol. The average Bonchev–Trinajstić information content (AvgIpc) is 3.31. The van der Waals surface area contributed by atoms with Crippen LogP contribution in [-0.4, -0.2) is 24.8 Å². The second kappa shape index (κ2) is 8.03. The molecule has 0 amide bonds. The summed E-state index contributed by atoms with van der Waals surface area (Å²) < 4.78 is 6.15. The van der Waals surface area contributed by atoms with Crippen LogP contribution in [0.25, 0.3) is 16.4 Å². The number of thiazole rings is 1. The number of H-pyrrole nitrogens is 1. The zero-order valence-electron chi connectivity index (χ0n) is 16.6. The number of hydrogen-bond acceptors (Lipinski definition) is 10. The van der Waals surface area contributed by atoms with Gasteiger partial charge in [-0.25, -0.2) is 9.78 Å². The van der Waals surface area contributed by atoms with Crippen LogP contribution in [0, 0.1) is 24.0 Å². The molecular formula is C19H14N6O6S. The number of nitrogens with one attached hydrogen (secondary N) is 1. The van der Waals surface area contributed by atoms with E-state index in [0.717, 1.165) is 16.0 Å². The fraction of sp³-hybridized carbons (Fsp3) is 0.105. The summed E-state index contributed by atoms with van der Waals surface area (Å²) in [4.78, 5) is 39.4. The van der Waals surface area contributed by atoms with Crippen LogP contribution in [0.1, 0.15) is 11.5 Å². The van der Waals surface area contributed by atoms with E-state index in [4.69, 9.17) is 4.42 Å². The lowest BCUT2D eigenvalue weighted by Crippen LogP contribution is -2.14. The van der Waals surface area contributed by atoms with Crippen molar-refractivity contribution in [3.8, 4) is 22.1 Å². The quantitative estimate of drug-likeness (QED) is 0.262. The number of aromatic hydroxyl groups is 1. The molecule has 0 atom stereocenters. The Morgan fingerprint density at radius 2 is 1.94 bits per heavy atom. The summed E-state index contributed by atoms with van der Waals surface area (Å²) >= 11 is 1.07. The van der Waals surface area contributed by atoms with Crippen LogP contribution in [0.5, 0.6) is 5.75 Å². The van der Waals surface area contributed by atoms with Gasteiger partial charge in [0.05, 0.1) is 22.0 Å². The lowest BCUT2D eigenvalue weighted by molar-refractivity contribution is -0.384. The summed E-state index contributed by atoms with van der Waals surface area (Å²) in [6.07, 6.45) is 0.